The van der Waals surface area contributed by atoms with Crippen molar-refractivity contribution in [1.29, 1.82) is 0 Å². The molecule has 0 aliphatic carbocycles. The number of piperidine rings is 1. The third-order valence-electron chi connectivity index (χ3n) is 5.28. The first-order valence-electron chi connectivity index (χ1n) is 10.7. The van der Waals surface area contributed by atoms with Gasteiger partial charge in [0.15, 0.2) is 0 Å². The summed E-state index contributed by atoms with van der Waals surface area (Å²) < 4.78 is 5.60. The number of nitrogens with zero attached hydrogens (tertiary/aromatic N) is 1. The van der Waals surface area contributed by atoms with Gasteiger partial charge in [0.2, 0.25) is 17.7 Å². The van der Waals surface area contributed by atoms with E-state index in [1.54, 1.807) is 36.1 Å². The number of benzene rings is 2. The van der Waals surface area contributed by atoms with Crippen LogP contribution in [-0.4, -0.2) is 42.3 Å². The Balaban J connectivity index is 1.41. The number of rotatable bonds is 8. The van der Waals surface area contributed by atoms with Crippen LogP contribution in [0.15, 0.2) is 54.6 Å². The zero-order valence-corrected chi connectivity index (χ0v) is 17.8. The van der Waals surface area contributed by atoms with E-state index in [1.807, 2.05) is 30.3 Å². The molecule has 0 radical (unpaired) electrons. The van der Waals surface area contributed by atoms with E-state index in [4.69, 9.17) is 4.74 Å². The maximum atomic E-state index is 12.6. The summed E-state index contributed by atoms with van der Waals surface area (Å²) in [6, 6.07) is 16.6. The zero-order valence-electron chi connectivity index (χ0n) is 17.8. The number of carbonyl (C=O) groups excluding carboxylic acids is 3. The molecule has 1 heterocycles. The molecule has 0 bridgehead atoms. The second kappa shape index (κ2) is 11.2. The molecule has 0 atom stereocenters. The number of likely N-dealkylation sites (tertiary alicyclic amines) is 1. The summed E-state index contributed by atoms with van der Waals surface area (Å²) in [5.74, 6) is 0.532. The highest BCUT2D eigenvalue weighted by atomic mass is 16.5. The molecule has 0 saturated carbocycles. The van der Waals surface area contributed by atoms with Gasteiger partial charge in [0, 0.05) is 36.8 Å². The molecule has 7 nitrogen and oxygen atoms in total. The molecule has 0 aromatic heterocycles. The molecule has 1 saturated heterocycles. The Hall–Kier alpha value is -3.35. The Bertz CT molecular complexity index is 893. The van der Waals surface area contributed by atoms with Crippen molar-refractivity contribution in [3.05, 3.63) is 54.6 Å². The van der Waals surface area contributed by atoms with Crippen LogP contribution < -0.4 is 15.4 Å². The van der Waals surface area contributed by atoms with Crippen molar-refractivity contribution >= 4 is 29.1 Å². The third kappa shape index (κ3) is 6.84. The molecule has 1 fully saturated rings. The summed E-state index contributed by atoms with van der Waals surface area (Å²) >= 11 is 0. The summed E-state index contributed by atoms with van der Waals surface area (Å²) in [5.41, 5.74) is 1.30. The molecule has 31 heavy (non-hydrogen) atoms. The Morgan fingerprint density at radius 2 is 1.65 bits per heavy atom. The molecule has 7 heteroatoms. The van der Waals surface area contributed by atoms with E-state index < -0.39 is 0 Å². The smallest absolute Gasteiger partial charge is 0.227 e. The van der Waals surface area contributed by atoms with Crippen LogP contribution in [0.1, 0.15) is 32.6 Å². The lowest BCUT2D eigenvalue weighted by Crippen LogP contribution is -2.41. The van der Waals surface area contributed by atoms with Crippen molar-refractivity contribution in [3.63, 3.8) is 0 Å². The Kier molecular flexibility index (Phi) is 8.04. The number of para-hydroxylation sites is 1. The van der Waals surface area contributed by atoms with E-state index in [9.17, 15) is 14.4 Å². The molecular weight excluding hydrogens is 394 g/mol. The highest BCUT2D eigenvalue weighted by Gasteiger charge is 2.27. The summed E-state index contributed by atoms with van der Waals surface area (Å²) in [7, 11) is 0. The van der Waals surface area contributed by atoms with Crippen molar-refractivity contribution in [2.75, 3.05) is 30.3 Å². The van der Waals surface area contributed by atoms with Crippen LogP contribution in [0.3, 0.4) is 0 Å². The van der Waals surface area contributed by atoms with Crippen LogP contribution in [0, 0.1) is 5.92 Å². The van der Waals surface area contributed by atoms with Gasteiger partial charge < -0.3 is 20.3 Å². The number of hydrogen-bond donors (Lipinski definition) is 2. The van der Waals surface area contributed by atoms with Gasteiger partial charge in [0.25, 0.3) is 0 Å². The zero-order chi connectivity index (χ0) is 22.1. The monoisotopic (exact) mass is 423 g/mol. The summed E-state index contributed by atoms with van der Waals surface area (Å²) in [5, 5.41) is 5.71. The first-order chi connectivity index (χ1) is 15.0. The fourth-order valence-corrected chi connectivity index (χ4v) is 3.49. The normalized spacial score (nSPS) is 14.0. The number of hydrogen-bond acceptors (Lipinski definition) is 4. The molecule has 0 spiro atoms. The molecule has 2 aromatic rings. The van der Waals surface area contributed by atoms with Crippen LogP contribution in [-0.2, 0) is 14.4 Å². The van der Waals surface area contributed by atoms with Gasteiger partial charge in [-0.2, -0.15) is 0 Å². The average Bonchev–Trinajstić information content (AvgIpc) is 2.80. The Morgan fingerprint density at radius 3 is 2.32 bits per heavy atom. The van der Waals surface area contributed by atoms with Crippen molar-refractivity contribution in [1.82, 2.24) is 4.90 Å². The SMILES string of the molecule is CCC(=O)Nc1cccc(NC(=O)C2CCN(C(=O)CCOc3ccccc3)CC2)c1. The number of nitrogens with one attached hydrogen (secondary N) is 2. The Labute approximate surface area is 182 Å². The third-order valence-corrected chi connectivity index (χ3v) is 5.28. The average molecular weight is 424 g/mol. The second-order valence-electron chi connectivity index (χ2n) is 7.54. The number of anilines is 2. The molecule has 164 valence electrons. The van der Waals surface area contributed by atoms with Gasteiger partial charge in [0.1, 0.15) is 5.75 Å². The molecule has 3 rings (SSSR count). The molecule has 1 aliphatic heterocycles. The maximum Gasteiger partial charge on any atom is 0.227 e. The van der Waals surface area contributed by atoms with Crippen LogP contribution >= 0.6 is 0 Å². The predicted octanol–water partition coefficient (Wildman–Crippen LogP) is 3.68. The van der Waals surface area contributed by atoms with Gasteiger partial charge in [-0.25, -0.2) is 0 Å². The predicted molar refractivity (Wildman–Crippen MR) is 120 cm³/mol. The second-order valence-corrected chi connectivity index (χ2v) is 7.54. The van der Waals surface area contributed by atoms with Crippen LogP contribution in [0.5, 0.6) is 5.75 Å². The molecule has 0 unspecified atom stereocenters. The minimum Gasteiger partial charge on any atom is -0.493 e. The van der Waals surface area contributed by atoms with Crippen molar-refractivity contribution < 1.29 is 19.1 Å². The van der Waals surface area contributed by atoms with Crippen molar-refractivity contribution in [2.24, 2.45) is 5.92 Å². The van der Waals surface area contributed by atoms with Crippen LogP contribution in [0.2, 0.25) is 0 Å². The van der Waals surface area contributed by atoms with Crippen LogP contribution in [0.4, 0.5) is 11.4 Å². The number of amides is 3. The maximum absolute atomic E-state index is 12.6. The first-order valence-corrected chi connectivity index (χ1v) is 10.7. The molecule has 2 N–H and O–H groups in total. The lowest BCUT2D eigenvalue weighted by Gasteiger charge is -2.31. The summed E-state index contributed by atoms with van der Waals surface area (Å²) in [6.45, 7) is 3.26. The minimum atomic E-state index is -0.140. The van der Waals surface area contributed by atoms with Gasteiger partial charge in [0.05, 0.1) is 13.0 Å². The largest absolute Gasteiger partial charge is 0.493 e. The van der Waals surface area contributed by atoms with Gasteiger partial charge in [-0.15, -0.1) is 0 Å². The summed E-state index contributed by atoms with van der Waals surface area (Å²) in [6.07, 6.45) is 1.97. The standard InChI is InChI=1S/C24H29N3O4/c1-2-22(28)25-19-7-6-8-20(17-19)26-24(30)18-11-14-27(15-12-18)23(29)13-16-31-21-9-4-3-5-10-21/h3-10,17-18H,2,11-16H2,1H3,(H,25,28)(H,26,30). The molecule has 2 aromatic carbocycles. The van der Waals surface area contributed by atoms with Gasteiger partial charge in [-0.05, 0) is 43.2 Å². The molecule has 1 aliphatic rings. The summed E-state index contributed by atoms with van der Waals surface area (Å²) in [4.78, 5) is 38.4. The lowest BCUT2D eigenvalue weighted by atomic mass is 9.95. The van der Waals surface area contributed by atoms with Gasteiger partial charge in [-0.3, -0.25) is 14.4 Å². The van der Waals surface area contributed by atoms with E-state index in [-0.39, 0.29) is 23.6 Å². The Morgan fingerprint density at radius 1 is 0.968 bits per heavy atom. The van der Waals surface area contributed by atoms with E-state index in [2.05, 4.69) is 10.6 Å². The fraction of sp³-hybridized carbons (Fsp3) is 0.375. The van der Waals surface area contributed by atoms with E-state index >= 15 is 0 Å². The molecule has 3 amide bonds. The van der Waals surface area contributed by atoms with Gasteiger partial charge in [-0.1, -0.05) is 31.2 Å². The van der Waals surface area contributed by atoms with E-state index in [0.717, 1.165) is 5.75 Å². The van der Waals surface area contributed by atoms with Gasteiger partial charge >= 0.3 is 0 Å². The molecular formula is C24H29N3O4. The van der Waals surface area contributed by atoms with Crippen molar-refractivity contribution in [2.45, 2.75) is 32.6 Å². The first kappa shape index (κ1) is 22.3. The lowest BCUT2D eigenvalue weighted by molar-refractivity contribution is -0.135. The van der Waals surface area contributed by atoms with Crippen molar-refractivity contribution in [3.8, 4) is 5.75 Å². The number of ether oxygens (including phenoxy) is 1. The fourth-order valence-electron chi connectivity index (χ4n) is 3.49. The van der Waals surface area contributed by atoms with E-state index in [0.29, 0.717) is 56.8 Å². The highest BCUT2D eigenvalue weighted by Crippen LogP contribution is 2.22. The topological polar surface area (TPSA) is 87.7 Å². The van der Waals surface area contributed by atoms with E-state index in [1.165, 1.54) is 0 Å². The number of carbonyl (C=O) groups is 3. The highest BCUT2D eigenvalue weighted by molar-refractivity contribution is 5.95. The quantitative estimate of drug-likeness (QED) is 0.678. The minimum absolute atomic E-state index is 0.0501. The van der Waals surface area contributed by atoms with Crippen LogP contribution in [0.25, 0.3) is 0 Å².